The van der Waals surface area contributed by atoms with E-state index in [0.29, 0.717) is 27.6 Å². The number of hydrogen-bond acceptors (Lipinski definition) is 5. The molecular formula is C21H21ClO5. The average Bonchev–Trinajstić information content (AvgIpc) is 2.65. The highest BCUT2D eigenvalue weighted by molar-refractivity contribution is 6.32. The van der Waals surface area contributed by atoms with Crippen molar-refractivity contribution in [1.29, 1.82) is 0 Å². The molecule has 2 aromatic carbocycles. The Morgan fingerprint density at radius 1 is 1.07 bits per heavy atom. The summed E-state index contributed by atoms with van der Waals surface area (Å²) in [6.07, 6.45) is 1.87. The summed E-state index contributed by atoms with van der Waals surface area (Å²) in [4.78, 5) is 24.3. The fourth-order valence-electron chi connectivity index (χ4n) is 2.42. The molecule has 2 aromatic rings. The lowest BCUT2D eigenvalue weighted by Gasteiger charge is -2.11. The first-order chi connectivity index (χ1) is 12.8. The third-order valence-electron chi connectivity index (χ3n) is 3.87. The number of aryl methyl sites for hydroxylation is 1. The van der Waals surface area contributed by atoms with Crippen molar-refractivity contribution in [3.05, 3.63) is 64.2 Å². The lowest BCUT2D eigenvalue weighted by Crippen LogP contribution is -2.23. The van der Waals surface area contributed by atoms with E-state index in [1.54, 1.807) is 31.2 Å². The first-order valence-corrected chi connectivity index (χ1v) is 8.64. The Morgan fingerprint density at radius 2 is 1.74 bits per heavy atom. The van der Waals surface area contributed by atoms with E-state index in [9.17, 15) is 9.59 Å². The highest BCUT2D eigenvalue weighted by Gasteiger charge is 2.18. The largest absolute Gasteiger partial charge is 0.493 e. The van der Waals surface area contributed by atoms with Crippen LogP contribution in [0.1, 0.15) is 28.4 Å². The van der Waals surface area contributed by atoms with Crippen LogP contribution in [-0.2, 0) is 9.53 Å². The Balaban J connectivity index is 2.05. The second-order valence-electron chi connectivity index (χ2n) is 5.88. The first-order valence-electron chi connectivity index (χ1n) is 8.26. The second kappa shape index (κ2) is 9.24. The molecule has 0 aliphatic carbocycles. The molecule has 0 unspecified atom stereocenters. The number of halogens is 1. The van der Waals surface area contributed by atoms with E-state index in [2.05, 4.69) is 0 Å². The molecule has 0 saturated carbocycles. The molecule has 1 atom stereocenters. The zero-order valence-electron chi connectivity index (χ0n) is 15.6. The molecule has 0 N–H and O–H groups in total. The summed E-state index contributed by atoms with van der Waals surface area (Å²) < 4.78 is 15.6. The van der Waals surface area contributed by atoms with Gasteiger partial charge in [0.15, 0.2) is 17.6 Å². The summed E-state index contributed by atoms with van der Waals surface area (Å²) in [6, 6.07) is 10.4. The van der Waals surface area contributed by atoms with Gasteiger partial charge in [0.25, 0.3) is 0 Å². The van der Waals surface area contributed by atoms with Gasteiger partial charge in [-0.15, -0.1) is 0 Å². The number of Topliss-reactive ketones (excluding diaryl/α,β-unsaturated/α-hetero) is 1. The van der Waals surface area contributed by atoms with Crippen molar-refractivity contribution >= 4 is 29.4 Å². The maximum Gasteiger partial charge on any atom is 0.331 e. The van der Waals surface area contributed by atoms with Crippen LogP contribution in [0.25, 0.3) is 6.08 Å². The molecule has 0 amide bonds. The van der Waals surface area contributed by atoms with E-state index in [-0.39, 0.29) is 5.78 Å². The normalized spacial score (nSPS) is 11.9. The van der Waals surface area contributed by atoms with Crippen LogP contribution in [0.4, 0.5) is 0 Å². The number of hydrogen-bond donors (Lipinski definition) is 0. The Labute approximate surface area is 163 Å². The van der Waals surface area contributed by atoms with E-state index in [4.69, 9.17) is 25.8 Å². The van der Waals surface area contributed by atoms with Crippen molar-refractivity contribution in [2.45, 2.75) is 20.0 Å². The lowest BCUT2D eigenvalue weighted by molar-refractivity contribution is -0.140. The van der Waals surface area contributed by atoms with E-state index < -0.39 is 12.1 Å². The number of carbonyl (C=O) groups is 2. The van der Waals surface area contributed by atoms with Gasteiger partial charge in [-0.25, -0.2) is 4.79 Å². The molecule has 142 valence electrons. The van der Waals surface area contributed by atoms with Gasteiger partial charge in [-0.3, -0.25) is 4.79 Å². The van der Waals surface area contributed by atoms with E-state index in [1.807, 2.05) is 19.1 Å². The highest BCUT2D eigenvalue weighted by atomic mass is 35.5. The number of carbonyl (C=O) groups excluding carboxylic acids is 2. The predicted molar refractivity (Wildman–Crippen MR) is 105 cm³/mol. The highest BCUT2D eigenvalue weighted by Crippen LogP contribution is 2.36. The lowest BCUT2D eigenvalue weighted by atomic mass is 10.1. The van der Waals surface area contributed by atoms with Crippen LogP contribution in [-0.4, -0.2) is 32.1 Å². The average molecular weight is 389 g/mol. The molecule has 5 nitrogen and oxygen atoms in total. The quantitative estimate of drug-likeness (QED) is 0.397. The maximum absolute atomic E-state index is 12.3. The summed E-state index contributed by atoms with van der Waals surface area (Å²) in [5.74, 6) is -0.0306. The molecule has 0 aliphatic rings. The van der Waals surface area contributed by atoms with Gasteiger partial charge >= 0.3 is 5.97 Å². The molecule has 27 heavy (non-hydrogen) atoms. The first kappa shape index (κ1) is 20.5. The van der Waals surface area contributed by atoms with Gasteiger partial charge in [0, 0.05) is 11.6 Å². The zero-order valence-corrected chi connectivity index (χ0v) is 16.4. The molecule has 2 rings (SSSR count). The van der Waals surface area contributed by atoms with Gasteiger partial charge < -0.3 is 14.2 Å². The Bertz CT molecular complexity index is 856. The minimum atomic E-state index is -0.890. The van der Waals surface area contributed by atoms with Crippen molar-refractivity contribution in [3.8, 4) is 11.5 Å². The minimum Gasteiger partial charge on any atom is -0.493 e. The summed E-state index contributed by atoms with van der Waals surface area (Å²) in [7, 11) is 2.98. The van der Waals surface area contributed by atoms with Crippen LogP contribution in [0.5, 0.6) is 11.5 Å². The second-order valence-corrected chi connectivity index (χ2v) is 6.29. The fourth-order valence-corrected chi connectivity index (χ4v) is 2.71. The summed E-state index contributed by atoms with van der Waals surface area (Å²) in [6.45, 7) is 3.48. The number of ether oxygens (including phenoxy) is 3. The minimum absolute atomic E-state index is 0.258. The monoisotopic (exact) mass is 388 g/mol. The van der Waals surface area contributed by atoms with Crippen LogP contribution in [0.2, 0.25) is 5.02 Å². The summed E-state index contributed by atoms with van der Waals surface area (Å²) in [5.41, 5.74) is 2.18. The van der Waals surface area contributed by atoms with Crippen LogP contribution in [0.3, 0.4) is 0 Å². The van der Waals surface area contributed by atoms with Crippen LogP contribution >= 0.6 is 11.6 Å². The molecule has 0 heterocycles. The number of rotatable bonds is 7. The third-order valence-corrected chi connectivity index (χ3v) is 4.15. The molecule has 0 spiro atoms. The van der Waals surface area contributed by atoms with Gasteiger partial charge in [0.2, 0.25) is 5.78 Å². The van der Waals surface area contributed by atoms with Crippen LogP contribution in [0.15, 0.2) is 42.5 Å². The van der Waals surface area contributed by atoms with Gasteiger partial charge in [-0.2, -0.15) is 0 Å². The van der Waals surface area contributed by atoms with Gasteiger partial charge in [-0.05, 0) is 37.6 Å². The molecular weight excluding hydrogens is 368 g/mol. The molecule has 0 saturated heterocycles. The van der Waals surface area contributed by atoms with Crippen molar-refractivity contribution in [1.82, 2.24) is 0 Å². The topological polar surface area (TPSA) is 61.8 Å². The Hall–Kier alpha value is -2.79. The molecule has 0 aliphatic heterocycles. The SMILES string of the molecule is COc1cc(/C=C/C(=O)O[C@@H](C)C(=O)c2ccc(C)cc2)cc(Cl)c1OC. The maximum atomic E-state index is 12.3. The number of esters is 1. The van der Waals surface area contributed by atoms with E-state index in [0.717, 1.165) is 5.56 Å². The summed E-state index contributed by atoms with van der Waals surface area (Å²) >= 11 is 6.13. The van der Waals surface area contributed by atoms with Crippen molar-refractivity contribution < 1.29 is 23.8 Å². The fraction of sp³-hybridized carbons (Fsp3) is 0.238. The van der Waals surface area contributed by atoms with Crippen LogP contribution in [0, 0.1) is 6.92 Å². The molecule has 0 bridgehead atoms. The predicted octanol–water partition coefficient (Wildman–Crippen LogP) is 4.49. The molecule has 0 radical (unpaired) electrons. The molecule has 6 heteroatoms. The number of ketones is 1. The van der Waals surface area contributed by atoms with Crippen molar-refractivity contribution in [3.63, 3.8) is 0 Å². The number of benzene rings is 2. The standard InChI is InChI=1S/C21H21ClO5/c1-13-5-8-16(9-6-13)20(24)14(2)27-19(23)10-7-15-11-17(22)21(26-4)18(12-15)25-3/h5-12,14H,1-4H3/b10-7+/t14-/m0/s1. The van der Waals surface area contributed by atoms with Crippen molar-refractivity contribution in [2.75, 3.05) is 14.2 Å². The Morgan fingerprint density at radius 3 is 2.33 bits per heavy atom. The molecule has 0 fully saturated rings. The van der Waals surface area contributed by atoms with E-state index >= 15 is 0 Å². The zero-order chi connectivity index (χ0) is 20.0. The van der Waals surface area contributed by atoms with Gasteiger partial charge in [-0.1, -0.05) is 41.4 Å². The van der Waals surface area contributed by atoms with Crippen LogP contribution < -0.4 is 9.47 Å². The number of methoxy groups -OCH3 is 2. The third kappa shape index (κ3) is 5.34. The summed E-state index contributed by atoms with van der Waals surface area (Å²) in [5, 5.41) is 0.354. The van der Waals surface area contributed by atoms with Gasteiger partial charge in [0.05, 0.1) is 19.2 Å². The Kier molecular flexibility index (Phi) is 7.02. The van der Waals surface area contributed by atoms with E-state index in [1.165, 1.54) is 26.4 Å². The smallest absolute Gasteiger partial charge is 0.331 e. The molecule has 0 aromatic heterocycles. The van der Waals surface area contributed by atoms with Crippen molar-refractivity contribution in [2.24, 2.45) is 0 Å². The van der Waals surface area contributed by atoms with Gasteiger partial charge in [0.1, 0.15) is 0 Å².